The Morgan fingerprint density at radius 3 is 2.61 bits per heavy atom. The molecule has 0 bridgehead atoms. The van der Waals surface area contributed by atoms with Gasteiger partial charge in [-0.1, -0.05) is 30.3 Å². The van der Waals surface area contributed by atoms with Gasteiger partial charge in [0.25, 0.3) is 0 Å². The van der Waals surface area contributed by atoms with Crippen molar-refractivity contribution in [2.75, 3.05) is 11.9 Å². The number of carbonyl (C=O) groups excluding carboxylic acids is 1. The maximum atomic E-state index is 14.3. The lowest BCUT2D eigenvalue weighted by Crippen LogP contribution is -2.04. The van der Waals surface area contributed by atoms with Crippen LogP contribution in [0.1, 0.15) is 28.0 Å². The number of thioether (sulfide) groups is 1. The van der Waals surface area contributed by atoms with E-state index in [0.717, 1.165) is 10.5 Å². The molecular formula is C23H20FN3O2S2. The number of hydrogen-bond acceptors (Lipinski definition) is 7. The summed E-state index contributed by atoms with van der Waals surface area (Å²) >= 11 is 2.88. The quantitative estimate of drug-likeness (QED) is 0.260. The first-order valence-electron chi connectivity index (χ1n) is 9.73. The number of nitrogens with zero attached hydrogens (tertiary/aromatic N) is 2. The van der Waals surface area contributed by atoms with Gasteiger partial charge in [0.05, 0.1) is 23.4 Å². The number of rotatable bonds is 7. The predicted octanol–water partition coefficient (Wildman–Crippen LogP) is 6.35. The first kappa shape index (κ1) is 21.3. The second kappa shape index (κ2) is 9.45. The summed E-state index contributed by atoms with van der Waals surface area (Å²) in [6.07, 6.45) is 0. The van der Waals surface area contributed by atoms with Gasteiger partial charge in [-0.25, -0.2) is 19.2 Å². The highest BCUT2D eigenvalue weighted by Crippen LogP contribution is 2.36. The number of aryl methyl sites for hydroxylation is 1. The van der Waals surface area contributed by atoms with E-state index >= 15 is 0 Å². The highest BCUT2D eigenvalue weighted by molar-refractivity contribution is 7.98. The Bertz CT molecular complexity index is 1230. The maximum Gasteiger partial charge on any atom is 0.348 e. The van der Waals surface area contributed by atoms with Gasteiger partial charge in [-0.05, 0) is 43.7 Å². The van der Waals surface area contributed by atoms with Crippen LogP contribution >= 0.6 is 23.1 Å². The number of halogens is 1. The largest absolute Gasteiger partial charge is 0.462 e. The van der Waals surface area contributed by atoms with Crippen molar-refractivity contribution in [2.45, 2.75) is 24.5 Å². The van der Waals surface area contributed by atoms with Crippen molar-refractivity contribution in [1.82, 2.24) is 9.97 Å². The number of aromatic nitrogens is 2. The molecule has 31 heavy (non-hydrogen) atoms. The zero-order valence-electron chi connectivity index (χ0n) is 17.0. The summed E-state index contributed by atoms with van der Waals surface area (Å²) in [6, 6.07) is 16.4. The van der Waals surface area contributed by atoms with E-state index in [1.807, 2.05) is 37.3 Å². The smallest absolute Gasteiger partial charge is 0.348 e. The monoisotopic (exact) mass is 453 g/mol. The Labute approximate surface area is 187 Å². The fourth-order valence-electron chi connectivity index (χ4n) is 3.08. The summed E-state index contributed by atoms with van der Waals surface area (Å²) in [5.41, 5.74) is 1.03. The molecule has 0 atom stereocenters. The van der Waals surface area contributed by atoms with E-state index in [4.69, 9.17) is 4.74 Å². The van der Waals surface area contributed by atoms with E-state index in [-0.39, 0.29) is 18.4 Å². The molecule has 2 aromatic heterocycles. The third kappa shape index (κ3) is 4.70. The van der Waals surface area contributed by atoms with Crippen LogP contribution in [0, 0.1) is 12.7 Å². The highest BCUT2D eigenvalue weighted by Gasteiger charge is 2.22. The van der Waals surface area contributed by atoms with Gasteiger partial charge in [0, 0.05) is 4.90 Å². The number of nitrogens with one attached hydrogen (secondary N) is 1. The lowest BCUT2D eigenvalue weighted by atomic mass is 10.2. The molecule has 0 spiro atoms. The molecule has 0 saturated heterocycles. The van der Waals surface area contributed by atoms with Crippen LogP contribution in [0.25, 0.3) is 10.2 Å². The van der Waals surface area contributed by atoms with Gasteiger partial charge < -0.3 is 10.1 Å². The number of carbonyl (C=O) groups is 1. The summed E-state index contributed by atoms with van der Waals surface area (Å²) in [6.45, 7) is 3.89. The third-order valence-electron chi connectivity index (χ3n) is 4.54. The molecule has 0 fully saturated rings. The molecule has 0 unspecified atom stereocenters. The number of anilines is 2. The van der Waals surface area contributed by atoms with E-state index in [2.05, 4.69) is 15.3 Å². The second-order valence-electron chi connectivity index (χ2n) is 6.65. The van der Waals surface area contributed by atoms with E-state index in [1.54, 1.807) is 36.9 Å². The number of ether oxygens (including phenoxy) is 1. The van der Waals surface area contributed by atoms with E-state index in [0.29, 0.717) is 38.2 Å². The Morgan fingerprint density at radius 1 is 1.13 bits per heavy atom. The molecule has 0 amide bonds. The zero-order chi connectivity index (χ0) is 21.8. The predicted molar refractivity (Wildman–Crippen MR) is 124 cm³/mol. The average molecular weight is 454 g/mol. The number of benzene rings is 2. The topological polar surface area (TPSA) is 64.1 Å². The van der Waals surface area contributed by atoms with Crippen molar-refractivity contribution in [3.63, 3.8) is 0 Å². The van der Waals surface area contributed by atoms with Crippen LogP contribution < -0.4 is 5.32 Å². The van der Waals surface area contributed by atoms with E-state index in [9.17, 15) is 9.18 Å². The fourth-order valence-corrected chi connectivity index (χ4v) is 4.95. The Morgan fingerprint density at radius 2 is 1.87 bits per heavy atom. The number of thiophene rings is 1. The number of hydrogen-bond donors (Lipinski definition) is 1. The molecule has 5 nitrogen and oxygen atoms in total. The lowest BCUT2D eigenvalue weighted by molar-refractivity contribution is 0.0531. The summed E-state index contributed by atoms with van der Waals surface area (Å²) in [4.78, 5) is 24.0. The molecule has 1 N–H and O–H groups in total. The summed E-state index contributed by atoms with van der Waals surface area (Å²) in [5.74, 6) is 0.838. The van der Waals surface area contributed by atoms with Crippen molar-refractivity contribution in [3.8, 4) is 0 Å². The van der Waals surface area contributed by atoms with Crippen LogP contribution in [0.5, 0.6) is 0 Å². The van der Waals surface area contributed by atoms with Crippen molar-refractivity contribution in [3.05, 3.63) is 76.7 Å². The van der Waals surface area contributed by atoms with Crippen LogP contribution in [-0.2, 0) is 10.5 Å². The minimum Gasteiger partial charge on any atom is -0.462 e. The van der Waals surface area contributed by atoms with Crippen molar-refractivity contribution in [1.29, 1.82) is 0 Å². The standard InChI is InChI=1S/C23H20FN3O2S2/c1-3-29-23(28)20-14(2)19-21(25-17-12-8-7-11-16(17)24)26-18(27-22(19)31-20)13-30-15-9-5-4-6-10-15/h4-12H,3,13H2,1-2H3,(H,25,26,27). The average Bonchev–Trinajstić information content (AvgIpc) is 3.11. The number of fused-ring (bicyclic) bond motifs is 1. The Hall–Kier alpha value is -2.97. The van der Waals surface area contributed by atoms with Crippen molar-refractivity contribution < 1.29 is 13.9 Å². The van der Waals surface area contributed by atoms with Crippen LogP contribution in [0.15, 0.2) is 59.5 Å². The second-order valence-corrected chi connectivity index (χ2v) is 8.70. The molecule has 2 aromatic carbocycles. The molecule has 0 aliphatic rings. The van der Waals surface area contributed by atoms with Gasteiger partial charge in [-0.2, -0.15) is 0 Å². The van der Waals surface area contributed by atoms with Crippen molar-refractivity contribution >= 4 is 50.8 Å². The third-order valence-corrected chi connectivity index (χ3v) is 6.71. The van der Waals surface area contributed by atoms with Crippen LogP contribution in [0.2, 0.25) is 0 Å². The van der Waals surface area contributed by atoms with Gasteiger partial charge in [-0.3, -0.25) is 0 Å². The molecule has 158 valence electrons. The lowest BCUT2D eigenvalue weighted by Gasteiger charge is -2.10. The van der Waals surface area contributed by atoms with Crippen LogP contribution in [-0.4, -0.2) is 22.5 Å². The first-order chi connectivity index (χ1) is 15.1. The molecule has 2 heterocycles. The molecule has 0 saturated carbocycles. The first-order valence-corrected chi connectivity index (χ1v) is 11.5. The normalized spacial score (nSPS) is 10.9. The van der Waals surface area contributed by atoms with Gasteiger partial charge >= 0.3 is 5.97 Å². The summed E-state index contributed by atoms with van der Waals surface area (Å²) in [5, 5.41) is 3.80. The Balaban J connectivity index is 1.77. The molecule has 0 aliphatic heterocycles. The maximum absolute atomic E-state index is 14.3. The van der Waals surface area contributed by atoms with E-state index in [1.165, 1.54) is 17.4 Å². The Kier molecular flexibility index (Phi) is 6.48. The molecule has 0 radical (unpaired) electrons. The fraction of sp³-hybridized carbons (Fsp3) is 0.174. The minimum atomic E-state index is -0.389. The summed E-state index contributed by atoms with van der Waals surface area (Å²) < 4.78 is 19.5. The SMILES string of the molecule is CCOC(=O)c1sc2nc(CSc3ccccc3)nc(Nc3ccccc3F)c2c1C. The number of para-hydroxylation sites is 1. The molecule has 8 heteroatoms. The van der Waals surface area contributed by atoms with Crippen LogP contribution in [0.3, 0.4) is 0 Å². The highest BCUT2D eigenvalue weighted by atomic mass is 32.2. The molecule has 4 rings (SSSR count). The van der Waals surface area contributed by atoms with Gasteiger partial charge in [0.15, 0.2) is 0 Å². The molecular weight excluding hydrogens is 433 g/mol. The van der Waals surface area contributed by atoms with Gasteiger partial charge in [0.2, 0.25) is 0 Å². The minimum absolute atomic E-state index is 0.289. The van der Waals surface area contributed by atoms with E-state index < -0.39 is 0 Å². The van der Waals surface area contributed by atoms with Crippen LogP contribution in [0.4, 0.5) is 15.9 Å². The van der Waals surface area contributed by atoms with Gasteiger partial charge in [0.1, 0.15) is 27.2 Å². The van der Waals surface area contributed by atoms with Crippen molar-refractivity contribution in [2.24, 2.45) is 0 Å². The molecule has 4 aromatic rings. The summed E-state index contributed by atoms with van der Waals surface area (Å²) in [7, 11) is 0. The van der Waals surface area contributed by atoms with Gasteiger partial charge in [-0.15, -0.1) is 23.1 Å². The zero-order valence-corrected chi connectivity index (χ0v) is 18.6. The number of esters is 1. The molecule has 0 aliphatic carbocycles.